The monoisotopic (exact) mass is 273 g/mol. The van der Waals surface area contributed by atoms with Crippen molar-refractivity contribution >= 4 is 17.6 Å². The molecule has 0 bridgehead atoms. The van der Waals surface area contributed by atoms with Crippen LogP contribution < -0.4 is 10.6 Å². The molecule has 0 spiro atoms. The largest absolute Gasteiger partial charge is 0.480 e. The molecule has 1 atom stereocenters. The van der Waals surface area contributed by atoms with Gasteiger partial charge in [-0.1, -0.05) is 18.2 Å². The molecule has 1 rings (SSSR count). The second-order valence-corrected chi connectivity index (χ2v) is 4.17. The van der Waals surface area contributed by atoms with Crippen molar-refractivity contribution in [2.75, 3.05) is 5.32 Å². The topological polar surface area (TPSA) is 102 Å². The van der Waals surface area contributed by atoms with Gasteiger partial charge in [-0.05, 0) is 25.5 Å². The highest BCUT2D eigenvalue weighted by molar-refractivity contribution is 6.06. The van der Waals surface area contributed by atoms with E-state index in [0.717, 1.165) is 11.8 Å². The predicted molar refractivity (Wildman–Crippen MR) is 73.7 cm³/mol. The van der Waals surface area contributed by atoms with Crippen LogP contribution >= 0.6 is 0 Å². The highest BCUT2D eigenvalue weighted by Gasteiger charge is 2.13. The van der Waals surface area contributed by atoms with Crippen molar-refractivity contribution in [3.05, 3.63) is 41.6 Å². The maximum absolute atomic E-state index is 11.9. The summed E-state index contributed by atoms with van der Waals surface area (Å²) in [7, 11) is 0. The Kier molecular flexibility index (Phi) is 5.30. The molecule has 1 amide bonds. The normalized spacial score (nSPS) is 12.2. The first-order valence-electron chi connectivity index (χ1n) is 5.91. The van der Waals surface area contributed by atoms with Crippen molar-refractivity contribution < 1.29 is 14.7 Å². The number of anilines is 1. The Bertz CT molecular complexity index is 588. The van der Waals surface area contributed by atoms with Crippen LogP contribution in [0.15, 0.2) is 36.0 Å². The van der Waals surface area contributed by atoms with Crippen molar-refractivity contribution in [3.8, 4) is 6.07 Å². The summed E-state index contributed by atoms with van der Waals surface area (Å²) in [5, 5.41) is 22.7. The van der Waals surface area contributed by atoms with Crippen molar-refractivity contribution in [1.82, 2.24) is 5.32 Å². The number of nitrogens with one attached hydrogen (secondary N) is 2. The van der Waals surface area contributed by atoms with Gasteiger partial charge in [0.15, 0.2) is 0 Å². The SMILES string of the molecule is Cc1ccccc1NC(=O)/C(C#N)=C\NC(C)C(=O)O. The fourth-order valence-corrected chi connectivity index (χ4v) is 1.33. The summed E-state index contributed by atoms with van der Waals surface area (Å²) in [5.74, 6) is -1.66. The second-order valence-electron chi connectivity index (χ2n) is 4.17. The van der Waals surface area contributed by atoms with Crippen LogP contribution in [0.1, 0.15) is 12.5 Å². The van der Waals surface area contributed by atoms with Crippen LogP contribution in [0.4, 0.5) is 5.69 Å². The summed E-state index contributed by atoms with van der Waals surface area (Å²) >= 11 is 0. The lowest BCUT2D eigenvalue weighted by atomic mass is 10.2. The average Bonchev–Trinajstić information content (AvgIpc) is 2.41. The van der Waals surface area contributed by atoms with Gasteiger partial charge in [0.1, 0.15) is 17.7 Å². The van der Waals surface area contributed by atoms with Crippen LogP contribution in [0.5, 0.6) is 0 Å². The van der Waals surface area contributed by atoms with E-state index < -0.39 is 17.9 Å². The fourth-order valence-electron chi connectivity index (χ4n) is 1.33. The maximum Gasteiger partial charge on any atom is 0.325 e. The third-order valence-electron chi connectivity index (χ3n) is 2.61. The smallest absolute Gasteiger partial charge is 0.325 e. The van der Waals surface area contributed by atoms with Crippen LogP contribution in [0, 0.1) is 18.3 Å². The summed E-state index contributed by atoms with van der Waals surface area (Å²) in [6.07, 6.45) is 1.10. The molecule has 1 unspecified atom stereocenters. The maximum atomic E-state index is 11.9. The molecule has 20 heavy (non-hydrogen) atoms. The Morgan fingerprint density at radius 3 is 2.60 bits per heavy atom. The summed E-state index contributed by atoms with van der Waals surface area (Å²) in [6, 6.07) is 7.99. The molecular weight excluding hydrogens is 258 g/mol. The van der Waals surface area contributed by atoms with E-state index in [2.05, 4.69) is 10.6 Å². The number of carbonyl (C=O) groups is 2. The van der Waals surface area contributed by atoms with Crippen molar-refractivity contribution in [3.63, 3.8) is 0 Å². The third-order valence-corrected chi connectivity index (χ3v) is 2.61. The van der Waals surface area contributed by atoms with Crippen LogP contribution in [0.3, 0.4) is 0 Å². The molecule has 0 fully saturated rings. The minimum Gasteiger partial charge on any atom is -0.480 e. The Morgan fingerprint density at radius 2 is 2.05 bits per heavy atom. The Hall–Kier alpha value is -2.81. The van der Waals surface area contributed by atoms with E-state index in [9.17, 15) is 9.59 Å². The molecular formula is C14H15N3O3. The van der Waals surface area contributed by atoms with E-state index in [1.54, 1.807) is 18.2 Å². The number of aryl methyl sites for hydroxylation is 1. The zero-order valence-corrected chi connectivity index (χ0v) is 11.2. The lowest BCUT2D eigenvalue weighted by Crippen LogP contribution is -2.30. The standard InChI is InChI=1S/C14H15N3O3/c1-9-5-3-4-6-12(9)17-13(18)11(7-15)8-16-10(2)14(19)20/h3-6,8,10,16H,1-2H3,(H,17,18)(H,19,20)/b11-8-. The van der Waals surface area contributed by atoms with Crippen LogP contribution in [-0.4, -0.2) is 23.0 Å². The number of carbonyl (C=O) groups excluding carboxylic acids is 1. The van der Waals surface area contributed by atoms with Crippen molar-refractivity contribution in [1.29, 1.82) is 5.26 Å². The van der Waals surface area contributed by atoms with Crippen LogP contribution in [0.25, 0.3) is 0 Å². The van der Waals surface area contributed by atoms with E-state index in [4.69, 9.17) is 10.4 Å². The number of nitrogens with zero attached hydrogens (tertiary/aromatic N) is 1. The molecule has 3 N–H and O–H groups in total. The van der Waals surface area contributed by atoms with E-state index >= 15 is 0 Å². The number of nitriles is 1. The van der Waals surface area contributed by atoms with Gasteiger partial charge in [-0.15, -0.1) is 0 Å². The molecule has 1 aromatic carbocycles. The fraction of sp³-hybridized carbons (Fsp3) is 0.214. The molecule has 1 aromatic rings. The summed E-state index contributed by atoms with van der Waals surface area (Å²) in [5.41, 5.74) is 1.27. The Labute approximate surface area is 116 Å². The lowest BCUT2D eigenvalue weighted by molar-refractivity contribution is -0.138. The van der Waals surface area contributed by atoms with E-state index in [-0.39, 0.29) is 5.57 Å². The number of aliphatic carboxylic acids is 1. The van der Waals surface area contributed by atoms with E-state index in [1.807, 2.05) is 19.1 Å². The lowest BCUT2D eigenvalue weighted by Gasteiger charge is -2.09. The molecule has 6 nitrogen and oxygen atoms in total. The minimum absolute atomic E-state index is 0.193. The van der Waals surface area contributed by atoms with Crippen molar-refractivity contribution in [2.45, 2.75) is 19.9 Å². The molecule has 0 saturated carbocycles. The highest BCUT2D eigenvalue weighted by atomic mass is 16.4. The minimum atomic E-state index is -1.07. The zero-order valence-electron chi connectivity index (χ0n) is 11.2. The van der Waals surface area contributed by atoms with Gasteiger partial charge in [0.25, 0.3) is 5.91 Å². The number of carboxylic acid groups (broad SMARTS) is 1. The number of para-hydroxylation sites is 1. The highest BCUT2D eigenvalue weighted by Crippen LogP contribution is 2.13. The number of benzene rings is 1. The Morgan fingerprint density at radius 1 is 1.40 bits per heavy atom. The number of hydrogen-bond acceptors (Lipinski definition) is 4. The first-order chi connectivity index (χ1) is 9.45. The van der Waals surface area contributed by atoms with Gasteiger partial charge in [-0.2, -0.15) is 5.26 Å². The van der Waals surface area contributed by atoms with Crippen LogP contribution in [0.2, 0.25) is 0 Å². The summed E-state index contributed by atoms with van der Waals surface area (Å²) < 4.78 is 0. The third kappa shape index (κ3) is 4.14. The molecule has 0 saturated heterocycles. The van der Waals surface area contributed by atoms with E-state index in [0.29, 0.717) is 5.69 Å². The van der Waals surface area contributed by atoms with Gasteiger partial charge in [-0.3, -0.25) is 9.59 Å². The van der Waals surface area contributed by atoms with Gasteiger partial charge in [0.2, 0.25) is 0 Å². The van der Waals surface area contributed by atoms with E-state index in [1.165, 1.54) is 6.92 Å². The second kappa shape index (κ2) is 6.95. The molecule has 104 valence electrons. The molecule has 0 aliphatic rings. The van der Waals surface area contributed by atoms with Gasteiger partial charge < -0.3 is 15.7 Å². The van der Waals surface area contributed by atoms with Crippen LogP contribution in [-0.2, 0) is 9.59 Å². The molecule has 0 heterocycles. The molecule has 0 aliphatic carbocycles. The summed E-state index contributed by atoms with van der Waals surface area (Å²) in [4.78, 5) is 22.5. The van der Waals surface area contributed by atoms with Gasteiger partial charge >= 0.3 is 5.97 Å². The first-order valence-corrected chi connectivity index (χ1v) is 5.91. The average molecular weight is 273 g/mol. The number of rotatable bonds is 5. The molecule has 0 radical (unpaired) electrons. The number of hydrogen-bond donors (Lipinski definition) is 3. The molecule has 0 aromatic heterocycles. The van der Waals surface area contributed by atoms with Gasteiger partial charge in [0, 0.05) is 11.9 Å². The zero-order chi connectivity index (χ0) is 15.1. The number of amides is 1. The van der Waals surface area contributed by atoms with Gasteiger partial charge in [0.05, 0.1) is 0 Å². The number of carboxylic acids is 1. The molecule has 6 heteroatoms. The van der Waals surface area contributed by atoms with Gasteiger partial charge in [-0.25, -0.2) is 0 Å². The summed E-state index contributed by atoms with van der Waals surface area (Å²) in [6.45, 7) is 3.24. The predicted octanol–water partition coefficient (Wildman–Crippen LogP) is 1.40. The Balaban J connectivity index is 2.79. The first kappa shape index (κ1) is 15.2. The molecule has 0 aliphatic heterocycles. The quantitative estimate of drug-likeness (QED) is 0.556. The van der Waals surface area contributed by atoms with Crippen molar-refractivity contribution in [2.24, 2.45) is 0 Å².